The molecule has 0 spiro atoms. The molecule has 0 radical (unpaired) electrons. The second-order valence-corrected chi connectivity index (χ2v) is 6.58. The van der Waals surface area contributed by atoms with Crippen molar-refractivity contribution >= 4 is 11.8 Å². The van der Waals surface area contributed by atoms with Gasteiger partial charge in [-0.25, -0.2) is 4.98 Å². The summed E-state index contributed by atoms with van der Waals surface area (Å²) in [5, 5.41) is 6.90. The van der Waals surface area contributed by atoms with Crippen LogP contribution in [0.25, 0.3) is 11.3 Å². The van der Waals surface area contributed by atoms with Gasteiger partial charge in [-0.15, -0.1) is 0 Å². The van der Waals surface area contributed by atoms with Crippen molar-refractivity contribution in [2.75, 3.05) is 30.9 Å². The highest BCUT2D eigenvalue weighted by Crippen LogP contribution is 2.24. The number of methoxy groups -OCH3 is 1. The van der Waals surface area contributed by atoms with Gasteiger partial charge in [-0.1, -0.05) is 56.0 Å². The first-order valence-electron chi connectivity index (χ1n) is 9.29. The fourth-order valence-corrected chi connectivity index (χ4v) is 3.25. The van der Waals surface area contributed by atoms with Gasteiger partial charge >= 0.3 is 0 Å². The van der Waals surface area contributed by atoms with Gasteiger partial charge in [-0.2, -0.15) is 4.98 Å². The molecule has 2 aromatic rings. The molecule has 1 aromatic carbocycles. The fraction of sp³-hybridized carbons (Fsp3) is 0.500. The average molecular weight is 340 g/mol. The van der Waals surface area contributed by atoms with Crippen molar-refractivity contribution in [2.24, 2.45) is 0 Å². The van der Waals surface area contributed by atoms with Crippen molar-refractivity contribution in [3.8, 4) is 11.3 Å². The van der Waals surface area contributed by atoms with E-state index in [4.69, 9.17) is 4.74 Å². The largest absolute Gasteiger partial charge is 0.383 e. The van der Waals surface area contributed by atoms with E-state index in [0.29, 0.717) is 25.1 Å². The Labute approximate surface area is 150 Å². The van der Waals surface area contributed by atoms with Gasteiger partial charge < -0.3 is 15.4 Å². The molecule has 0 atom stereocenters. The summed E-state index contributed by atoms with van der Waals surface area (Å²) in [6, 6.07) is 12.8. The van der Waals surface area contributed by atoms with Crippen molar-refractivity contribution < 1.29 is 4.74 Å². The van der Waals surface area contributed by atoms with Gasteiger partial charge in [0, 0.05) is 31.3 Å². The Balaban J connectivity index is 1.81. The minimum atomic E-state index is 0.507. The van der Waals surface area contributed by atoms with Crippen LogP contribution in [0.5, 0.6) is 0 Å². The molecule has 1 aliphatic rings. The molecule has 1 fully saturated rings. The van der Waals surface area contributed by atoms with Crippen LogP contribution in [-0.2, 0) is 4.74 Å². The van der Waals surface area contributed by atoms with E-state index >= 15 is 0 Å². The summed E-state index contributed by atoms with van der Waals surface area (Å²) >= 11 is 0. The van der Waals surface area contributed by atoms with Crippen molar-refractivity contribution in [1.29, 1.82) is 0 Å². The Morgan fingerprint density at radius 1 is 1.04 bits per heavy atom. The SMILES string of the molecule is COCCNc1nc(NC2CCCCCC2)cc(-c2ccccc2)n1. The number of nitrogens with zero attached hydrogens (tertiary/aromatic N) is 2. The van der Waals surface area contributed by atoms with Crippen LogP contribution in [0.15, 0.2) is 36.4 Å². The van der Waals surface area contributed by atoms with Crippen LogP contribution >= 0.6 is 0 Å². The standard InChI is InChI=1S/C20H28N4O/c1-25-14-13-21-20-23-18(16-9-5-4-6-10-16)15-19(24-20)22-17-11-7-2-3-8-12-17/h4-6,9-10,15,17H,2-3,7-8,11-14H2,1H3,(H2,21,22,23,24). The van der Waals surface area contributed by atoms with E-state index in [2.05, 4.69) is 38.8 Å². The van der Waals surface area contributed by atoms with E-state index < -0.39 is 0 Å². The smallest absolute Gasteiger partial charge is 0.225 e. The Morgan fingerprint density at radius 2 is 1.80 bits per heavy atom. The van der Waals surface area contributed by atoms with E-state index in [1.165, 1.54) is 38.5 Å². The molecule has 1 aliphatic carbocycles. The highest BCUT2D eigenvalue weighted by atomic mass is 16.5. The minimum Gasteiger partial charge on any atom is -0.383 e. The van der Waals surface area contributed by atoms with Crippen molar-refractivity contribution in [2.45, 2.75) is 44.6 Å². The molecule has 1 heterocycles. The second-order valence-electron chi connectivity index (χ2n) is 6.58. The van der Waals surface area contributed by atoms with Crippen LogP contribution in [0.1, 0.15) is 38.5 Å². The average Bonchev–Trinajstić information content (AvgIpc) is 2.91. The molecule has 0 saturated heterocycles. The number of ether oxygens (including phenoxy) is 1. The van der Waals surface area contributed by atoms with Gasteiger partial charge in [0.15, 0.2) is 0 Å². The molecule has 0 unspecified atom stereocenters. The van der Waals surface area contributed by atoms with Crippen molar-refractivity contribution in [3.63, 3.8) is 0 Å². The Bertz CT molecular complexity index is 639. The van der Waals surface area contributed by atoms with Crippen molar-refractivity contribution in [3.05, 3.63) is 36.4 Å². The van der Waals surface area contributed by atoms with Crippen LogP contribution in [0.3, 0.4) is 0 Å². The number of hydrogen-bond donors (Lipinski definition) is 2. The Morgan fingerprint density at radius 3 is 2.52 bits per heavy atom. The maximum atomic E-state index is 5.11. The number of benzene rings is 1. The summed E-state index contributed by atoms with van der Waals surface area (Å²) < 4.78 is 5.11. The summed E-state index contributed by atoms with van der Waals surface area (Å²) in [6.07, 6.45) is 7.73. The topological polar surface area (TPSA) is 59.1 Å². The molecule has 5 heteroatoms. The van der Waals surface area contributed by atoms with E-state index in [1.807, 2.05) is 18.2 Å². The second kappa shape index (κ2) is 9.37. The van der Waals surface area contributed by atoms with Crippen molar-refractivity contribution in [1.82, 2.24) is 9.97 Å². The lowest BCUT2D eigenvalue weighted by molar-refractivity contribution is 0.210. The van der Waals surface area contributed by atoms with Crippen LogP contribution < -0.4 is 10.6 Å². The van der Waals surface area contributed by atoms with Crippen LogP contribution in [0.4, 0.5) is 11.8 Å². The zero-order valence-electron chi connectivity index (χ0n) is 15.0. The molecular weight excluding hydrogens is 312 g/mol. The maximum absolute atomic E-state index is 5.11. The number of rotatable bonds is 7. The zero-order chi connectivity index (χ0) is 17.3. The third-order valence-corrected chi connectivity index (χ3v) is 4.59. The summed E-state index contributed by atoms with van der Waals surface area (Å²) in [7, 11) is 1.70. The molecule has 5 nitrogen and oxygen atoms in total. The third kappa shape index (κ3) is 5.43. The predicted octanol–water partition coefficient (Wildman–Crippen LogP) is 4.34. The summed E-state index contributed by atoms with van der Waals surface area (Å²) in [4.78, 5) is 9.34. The molecule has 3 rings (SSSR count). The molecule has 0 amide bonds. The zero-order valence-corrected chi connectivity index (χ0v) is 15.0. The Kier molecular flexibility index (Phi) is 6.63. The summed E-state index contributed by atoms with van der Waals surface area (Å²) in [5.74, 6) is 1.55. The molecule has 0 aliphatic heterocycles. The Hall–Kier alpha value is -2.14. The molecule has 0 bridgehead atoms. The van der Waals surface area contributed by atoms with Crippen LogP contribution in [0, 0.1) is 0 Å². The lowest BCUT2D eigenvalue weighted by Crippen LogP contribution is -2.20. The lowest BCUT2D eigenvalue weighted by atomic mass is 10.1. The molecular formula is C20H28N4O. The van der Waals surface area contributed by atoms with Gasteiger partial charge in [0.1, 0.15) is 5.82 Å². The van der Waals surface area contributed by atoms with Gasteiger partial charge in [0.25, 0.3) is 0 Å². The number of nitrogens with one attached hydrogen (secondary N) is 2. The fourth-order valence-electron chi connectivity index (χ4n) is 3.25. The van der Waals surface area contributed by atoms with E-state index in [-0.39, 0.29) is 0 Å². The molecule has 134 valence electrons. The first-order chi connectivity index (χ1) is 12.3. The van der Waals surface area contributed by atoms with Gasteiger partial charge in [0.2, 0.25) is 5.95 Å². The highest BCUT2D eigenvalue weighted by molar-refractivity contribution is 5.64. The third-order valence-electron chi connectivity index (χ3n) is 4.59. The molecule has 1 aromatic heterocycles. The maximum Gasteiger partial charge on any atom is 0.225 e. The highest BCUT2D eigenvalue weighted by Gasteiger charge is 2.14. The monoisotopic (exact) mass is 340 g/mol. The summed E-state index contributed by atoms with van der Waals surface area (Å²) in [6.45, 7) is 1.32. The molecule has 25 heavy (non-hydrogen) atoms. The quantitative estimate of drug-likeness (QED) is 0.580. The van der Waals surface area contributed by atoms with E-state index in [1.54, 1.807) is 7.11 Å². The van der Waals surface area contributed by atoms with Gasteiger partial charge in [-0.05, 0) is 12.8 Å². The first-order valence-corrected chi connectivity index (χ1v) is 9.29. The number of anilines is 2. The molecule has 2 N–H and O–H groups in total. The lowest BCUT2D eigenvalue weighted by Gasteiger charge is -2.18. The predicted molar refractivity (Wildman–Crippen MR) is 103 cm³/mol. The molecule has 1 saturated carbocycles. The number of hydrogen-bond acceptors (Lipinski definition) is 5. The number of aromatic nitrogens is 2. The van der Waals surface area contributed by atoms with E-state index in [9.17, 15) is 0 Å². The minimum absolute atomic E-state index is 0.507. The first kappa shape index (κ1) is 17.7. The van der Waals surface area contributed by atoms with Gasteiger partial charge in [0.05, 0.1) is 12.3 Å². The van der Waals surface area contributed by atoms with Crippen LogP contribution in [-0.4, -0.2) is 36.3 Å². The summed E-state index contributed by atoms with van der Waals surface area (Å²) in [5.41, 5.74) is 2.04. The normalized spacial score (nSPS) is 15.6. The van der Waals surface area contributed by atoms with E-state index in [0.717, 1.165) is 17.1 Å². The van der Waals surface area contributed by atoms with Crippen LogP contribution in [0.2, 0.25) is 0 Å². The van der Waals surface area contributed by atoms with Gasteiger partial charge in [-0.3, -0.25) is 0 Å².